The highest BCUT2D eigenvalue weighted by Gasteiger charge is 2.27. The second-order valence-corrected chi connectivity index (χ2v) is 33.1. The van der Waals surface area contributed by atoms with E-state index >= 15 is 0 Å². The summed E-state index contributed by atoms with van der Waals surface area (Å²) < 4.78 is 34.9. The molecule has 2 atom stereocenters. The molecule has 0 amide bonds. The van der Waals surface area contributed by atoms with Crippen LogP contribution in [0.2, 0.25) is 0 Å². The highest BCUT2D eigenvalue weighted by Crippen LogP contribution is 2.43. The SMILES string of the molecule is CCCCCCC/C=C\C/C=C\C/C=C\CCCCCCCCCCCCCCCCCCCCCCCCC(=O)OC(COC(=O)CCCCCCCCCCCCCCCCCCCCCCCCCCCCCCCCCCCCCCCC)COP(=O)(O)OCC[N+](C)(C)C. The van der Waals surface area contributed by atoms with E-state index in [1.165, 1.54) is 392 Å². The third-order valence-electron chi connectivity index (χ3n) is 20.4. The number of allylic oxidation sites excluding steroid dienone is 6. The van der Waals surface area contributed by atoms with Gasteiger partial charge in [0.1, 0.15) is 19.8 Å². The largest absolute Gasteiger partial charge is 0.472 e. The van der Waals surface area contributed by atoms with Crippen LogP contribution in [0.25, 0.3) is 0 Å². The Hall–Kier alpha value is -1.77. The minimum absolute atomic E-state index is 0.0357. The van der Waals surface area contributed by atoms with E-state index in [0.717, 1.165) is 44.9 Å². The Bertz CT molecular complexity index is 1760. The Labute approximate surface area is 618 Å². The van der Waals surface area contributed by atoms with Crippen LogP contribution < -0.4 is 0 Å². The van der Waals surface area contributed by atoms with Crippen LogP contribution in [0.4, 0.5) is 0 Å². The molecule has 0 aromatic carbocycles. The van der Waals surface area contributed by atoms with Crippen LogP contribution >= 0.6 is 7.82 Å². The van der Waals surface area contributed by atoms with E-state index in [1.54, 1.807) is 0 Å². The Morgan fingerprint density at radius 1 is 0.313 bits per heavy atom. The lowest BCUT2D eigenvalue weighted by Crippen LogP contribution is -2.37. The summed E-state index contributed by atoms with van der Waals surface area (Å²) in [4.78, 5) is 36.0. The summed E-state index contributed by atoms with van der Waals surface area (Å²) in [6.07, 6.45) is 106. The van der Waals surface area contributed by atoms with E-state index in [4.69, 9.17) is 18.5 Å². The lowest BCUT2D eigenvalue weighted by atomic mass is 10.0. The Balaban J connectivity index is 3.85. The zero-order valence-electron chi connectivity index (χ0n) is 67.3. The Morgan fingerprint density at radius 2 is 0.545 bits per heavy atom. The molecule has 0 heterocycles. The van der Waals surface area contributed by atoms with Gasteiger partial charge in [0.05, 0.1) is 27.7 Å². The summed E-state index contributed by atoms with van der Waals surface area (Å²) in [6, 6.07) is 0. The van der Waals surface area contributed by atoms with E-state index < -0.39 is 26.5 Å². The molecule has 586 valence electrons. The van der Waals surface area contributed by atoms with Crippen LogP contribution in [0, 0.1) is 0 Å². The zero-order chi connectivity index (χ0) is 71.8. The number of ether oxygens (including phenoxy) is 2. The molecule has 0 fully saturated rings. The smallest absolute Gasteiger partial charge is 0.462 e. The Kier molecular flexibility index (Phi) is 78.9. The van der Waals surface area contributed by atoms with E-state index in [1.807, 2.05) is 21.1 Å². The molecule has 0 aromatic rings. The van der Waals surface area contributed by atoms with Gasteiger partial charge < -0.3 is 18.9 Å². The third-order valence-corrected chi connectivity index (χ3v) is 21.4. The number of quaternary nitrogens is 1. The first-order valence-electron chi connectivity index (χ1n) is 44.2. The number of unbranched alkanes of at least 4 members (excludes halogenated alkanes) is 64. The molecule has 2 unspecified atom stereocenters. The van der Waals surface area contributed by atoms with Gasteiger partial charge in [-0.05, 0) is 51.4 Å². The van der Waals surface area contributed by atoms with E-state index in [-0.39, 0.29) is 25.6 Å². The number of esters is 2. The first-order chi connectivity index (χ1) is 48.5. The van der Waals surface area contributed by atoms with Crippen LogP contribution in [-0.2, 0) is 32.7 Å². The number of hydrogen-bond donors (Lipinski definition) is 1. The first-order valence-corrected chi connectivity index (χ1v) is 45.7. The lowest BCUT2D eigenvalue weighted by Gasteiger charge is -2.24. The van der Waals surface area contributed by atoms with Crippen molar-refractivity contribution in [2.45, 2.75) is 476 Å². The van der Waals surface area contributed by atoms with Crippen molar-refractivity contribution >= 4 is 19.8 Å². The van der Waals surface area contributed by atoms with Crippen molar-refractivity contribution in [1.82, 2.24) is 0 Å². The molecule has 10 heteroatoms. The molecular formula is C89H173NO8P+. The zero-order valence-corrected chi connectivity index (χ0v) is 68.2. The lowest BCUT2D eigenvalue weighted by molar-refractivity contribution is -0.870. The van der Waals surface area contributed by atoms with Gasteiger partial charge in [-0.15, -0.1) is 0 Å². The molecule has 1 N–H and O–H groups in total. The van der Waals surface area contributed by atoms with Gasteiger partial charge in [-0.25, -0.2) is 4.57 Å². The predicted octanol–water partition coefficient (Wildman–Crippen LogP) is 29.7. The molecule has 99 heavy (non-hydrogen) atoms. The van der Waals surface area contributed by atoms with Gasteiger partial charge in [-0.1, -0.05) is 442 Å². The van der Waals surface area contributed by atoms with Crippen molar-refractivity contribution in [3.8, 4) is 0 Å². The maximum atomic E-state index is 12.9. The van der Waals surface area contributed by atoms with Crippen LogP contribution in [0.5, 0.6) is 0 Å². The van der Waals surface area contributed by atoms with Crippen LogP contribution in [0.1, 0.15) is 470 Å². The molecule has 0 rings (SSSR count). The van der Waals surface area contributed by atoms with E-state index in [9.17, 15) is 19.0 Å². The second kappa shape index (κ2) is 80.3. The molecule has 0 bridgehead atoms. The second-order valence-electron chi connectivity index (χ2n) is 31.6. The number of nitrogens with zero attached hydrogens (tertiary/aromatic N) is 1. The van der Waals surface area contributed by atoms with Crippen LogP contribution in [0.3, 0.4) is 0 Å². The molecule has 0 aliphatic rings. The van der Waals surface area contributed by atoms with Gasteiger partial charge in [0.25, 0.3) is 0 Å². The van der Waals surface area contributed by atoms with Gasteiger partial charge in [0, 0.05) is 12.8 Å². The van der Waals surface area contributed by atoms with Gasteiger partial charge in [0.15, 0.2) is 6.10 Å². The fourth-order valence-corrected chi connectivity index (χ4v) is 14.4. The van der Waals surface area contributed by atoms with Crippen molar-refractivity contribution in [2.24, 2.45) is 0 Å². The molecular weight excluding hydrogens is 1240 g/mol. The minimum Gasteiger partial charge on any atom is -0.462 e. The van der Waals surface area contributed by atoms with Crippen molar-refractivity contribution in [3.63, 3.8) is 0 Å². The van der Waals surface area contributed by atoms with Gasteiger partial charge in [-0.3, -0.25) is 18.6 Å². The normalized spacial score (nSPS) is 13.1. The maximum Gasteiger partial charge on any atom is 0.472 e. The average Bonchev–Trinajstić information content (AvgIpc) is 0.999. The molecule has 0 aromatic heterocycles. The number of rotatable bonds is 84. The predicted molar refractivity (Wildman–Crippen MR) is 432 cm³/mol. The van der Waals surface area contributed by atoms with Crippen LogP contribution in [-0.4, -0.2) is 74.9 Å². The monoisotopic (exact) mass is 1420 g/mol. The van der Waals surface area contributed by atoms with E-state index in [2.05, 4.69) is 50.3 Å². The topological polar surface area (TPSA) is 108 Å². The molecule has 0 spiro atoms. The highest BCUT2D eigenvalue weighted by molar-refractivity contribution is 7.47. The highest BCUT2D eigenvalue weighted by atomic mass is 31.2. The summed E-state index contributed by atoms with van der Waals surface area (Å²) in [6.45, 7) is 4.52. The summed E-state index contributed by atoms with van der Waals surface area (Å²) in [5.74, 6) is -0.768. The summed E-state index contributed by atoms with van der Waals surface area (Å²) in [5.41, 5.74) is 0. The molecule has 0 saturated carbocycles. The maximum absolute atomic E-state index is 12.9. The molecule has 0 radical (unpaired) electrons. The standard InChI is InChI=1S/C89H172NO8P/c1-6-8-10-12-14-16-18-20-22-24-26-28-30-32-34-36-38-40-42-44-46-47-49-51-53-55-57-59-61-63-65-67-69-71-73-75-77-79-81-88(91)95-85-87(86-97-99(93,94)96-84-83-90(3,4)5)98-89(92)82-80-78-76-74-72-70-68-66-64-62-60-58-56-54-52-50-48-45-43-41-39-37-35-33-31-29-27-25-23-21-19-17-15-13-11-9-7-2/h19,21,25,27,31,33,87H,6-18,20,22-24,26,28-30,32,34-86H2,1-5H3/p+1/b21-19-,27-25-,33-31-. The Morgan fingerprint density at radius 3 is 0.808 bits per heavy atom. The average molecular weight is 1420 g/mol. The number of carbonyl (C=O) groups excluding carboxylic acids is 2. The molecule has 0 saturated heterocycles. The summed E-state index contributed by atoms with van der Waals surface area (Å²) in [5, 5.41) is 0. The summed E-state index contributed by atoms with van der Waals surface area (Å²) >= 11 is 0. The molecule has 0 aliphatic carbocycles. The number of hydrogen-bond acceptors (Lipinski definition) is 7. The van der Waals surface area contributed by atoms with E-state index in [0.29, 0.717) is 23.9 Å². The molecule has 0 aliphatic heterocycles. The third kappa shape index (κ3) is 85.1. The van der Waals surface area contributed by atoms with Crippen molar-refractivity contribution in [2.75, 3.05) is 47.5 Å². The van der Waals surface area contributed by atoms with Crippen molar-refractivity contribution in [1.29, 1.82) is 0 Å². The fraction of sp³-hybridized carbons (Fsp3) is 0.910. The molecule has 9 nitrogen and oxygen atoms in total. The fourth-order valence-electron chi connectivity index (χ4n) is 13.7. The van der Waals surface area contributed by atoms with Gasteiger partial charge in [-0.2, -0.15) is 0 Å². The summed E-state index contributed by atoms with van der Waals surface area (Å²) in [7, 11) is 1.51. The van der Waals surface area contributed by atoms with Gasteiger partial charge >= 0.3 is 19.8 Å². The number of likely N-dealkylation sites (N-methyl/N-ethyl adjacent to an activating group) is 1. The number of carbonyl (C=O) groups is 2. The van der Waals surface area contributed by atoms with Crippen LogP contribution in [0.15, 0.2) is 36.5 Å². The number of phosphoric acid groups is 1. The number of phosphoric ester groups is 1. The van der Waals surface area contributed by atoms with Crippen molar-refractivity contribution in [3.05, 3.63) is 36.5 Å². The minimum atomic E-state index is -4.39. The quantitative estimate of drug-likeness (QED) is 0.0211. The van der Waals surface area contributed by atoms with Gasteiger partial charge in [0.2, 0.25) is 0 Å². The first kappa shape index (κ1) is 97.2. The van der Waals surface area contributed by atoms with Crippen molar-refractivity contribution < 1.29 is 42.1 Å².